The molecule has 1 atom stereocenters. The van der Waals surface area contributed by atoms with Crippen molar-refractivity contribution in [1.82, 2.24) is 4.72 Å². The van der Waals surface area contributed by atoms with Crippen LogP contribution in [0.15, 0.2) is 17.0 Å². The summed E-state index contributed by atoms with van der Waals surface area (Å²) in [5, 5.41) is 0. The molecule has 1 heterocycles. The number of methoxy groups -OCH3 is 2. The van der Waals surface area contributed by atoms with E-state index in [0.29, 0.717) is 6.61 Å². The number of hydrogen-bond acceptors (Lipinski definition) is 5. The quantitative estimate of drug-likeness (QED) is 0.855. The van der Waals surface area contributed by atoms with E-state index in [2.05, 4.69) is 4.72 Å². The fourth-order valence-electron chi connectivity index (χ4n) is 2.13. The number of sulfonamides is 1. The van der Waals surface area contributed by atoms with E-state index in [1.54, 1.807) is 0 Å². The fraction of sp³-hybridized carbons (Fsp3) is 0.538. The molecule has 0 aromatic heterocycles. The van der Waals surface area contributed by atoms with Crippen LogP contribution < -0.4 is 14.2 Å². The summed E-state index contributed by atoms with van der Waals surface area (Å²) < 4.78 is 55.9. The molecule has 1 aliphatic rings. The summed E-state index contributed by atoms with van der Waals surface area (Å²) in [5.74, 6) is -0.614. The Hall–Kier alpha value is -1.38. The maximum atomic E-state index is 14.0. The Kier molecular flexibility index (Phi) is 5.02. The van der Waals surface area contributed by atoms with Crippen LogP contribution in [0.2, 0.25) is 0 Å². The second-order valence-corrected chi connectivity index (χ2v) is 6.36. The van der Waals surface area contributed by atoms with Crippen molar-refractivity contribution in [3.8, 4) is 11.5 Å². The minimum Gasteiger partial charge on any atom is -0.493 e. The molecule has 21 heavy (non-hydrogen) atoms. The van der Waals surface area contributed by atoms with Crippen LogP contribution in [0, 0.1) is 5.82 Å². The Morgan fingerprint density at radius 1 is 1.33 bits per heavy atom. The highest BCUT2D eigenvalue weighted by Crippen LogP contribution is 2.31. The molecule has 0 spiro atoms. The summed E-state index contributed by atoms with van der Waals surface area (Å²) in [4.78, 5) is -0.474. The minimum absolute atomic E-state index is 0.121. The lowest BCUT2D eigenvalue weighted by Crippen LogP contribution is -2.32. The van der Waals surface area contributed by atoms with Crippen molar-refractivity contribution < 1.29 is 27.0 Å². The van der Waals surface area contributed by atoms with Crippen LogP contribution >= 0.6 is 0 Å². The maximum Gasteiger partial charge on any atom is 0.243 e. The monoisotopic (exact) mass is 319 g/mol. The van der Waals surface area contributed by atoms with E-state index in [1.165, 1.54) is 14.2 Å². The molecule has 0 aliphatic carbocycles. The summed E-state index contributed by atoms with van der Waals surface area (Å²) in [6.07, 6.45) is 1.52. The van der Waals surface area contributed by atoms with E-state index in [1.807, 2.05) is 0 Å². The molecule has 1 unspecified atom stereocenters. The molecule has 118 valence electrons. The van der Waals surface area contributed by atoms with Crippen LogP contribution in [-0.2, 0) is 14.8 Å². The van der Waals surface area contributed by atoms with Crippen molar-refractivity contribution >= 4 is 10.0 Å². The largest absolute Gasteiger partial charge is 0.493 e. The molecule has 1 aromatic carbocycles. The first-order valence-electron chi connectivity index (χ1n) is 6.50. The van der Waals surface area contributed by atoms with E-state index in [9.17, 15) is 12.8 Å². The molecular weight excluding hydrogens is 301 g/mol. The SMILES string of the molecule is COc1cc(F)c(S(=O)(=O)NCC2CCCO2)cc1OC. The van der Waals surface area contributed by atoms with Crippen LogP contribution in [0.1, 0.15) is 12.8 Å². The summed E-state index contributed by atoms with van der Waals surface area (Å²) in [5.41, 5.74) is 0. The van der Waals surface area contributed by atoms with Gasteiger partial charge in [0, 0.05) is 25.3 Å². The van der Waals surface area contributed by atoms with Gasteiger partial charge in [-0.3, -0.25) is 0 Å². The van der Waals surface area contributed by atoms with Crippen LogP contribution in [0.3, 0.4) is 0 Å². The maximum absolute atomic E-state index is 14.0. The molecule has 1 fully saturated rings. The molecule has 6 nitrogen and oxygen atoms in total. The summed E-state index contributed by atoms with van der Waals surface area (Å²) in [6, 6.07) is 2.09. The van der Waals surface area contributed by atoms with Crippen LogP contribution in [0.5, 0.6) is 11.5 Å². The molecule has 0 saturated carbocycles. The molecule has 8 heteroatoms. The van der Waals surface area contributed by atoms with Gasteiger partial charge in [-0.15, -0.1) is 0 Å². The second kappa shape index (κ2) is 6.59. The zero-order chi connectivity index (χ0) is 15.5. The van der Waals surface area contributed by atoms with Gasteiger partial charge < -0.3 is 14.2 Å². The Labute approximate surface area is 123 Å². The van der Waals surface area contributed by atoms with Gasteiger partial charge in [0.25, 0.3) is 0 Å². The zero-order valence-corrected chi connectivity index (χ0v) is 12.7. The first kappa shape index (κ1) is 16.0. The average molecular weight is 319 g/mol. The lowest BCUT2D eigenvalue weighted by Gasteiger charge is -2.14. The number of rotatable bonds is 6. The average Bonchev–Trinajstić information content (AvgIpc) is 2.98. The lowest BCUT2D eigenvalue weighted by molar-refractivity contribution is 0.114. The highest BCUT2D eigenvalue weighted by Gasteiger charge is 2.24. The lowest BCUT2D eigenvalue weighted by atomic mass is 10.2. The van der Waals surface area contributed by atoms with E-state index in [0.717, 1.165) is 25.0 Å². The molecule has 0 amide bonds. The van der Waals surface area contributed by atoms with Crippen LogP contribution in [0.4, 0.5) is 4.39 Å². The molecule has 1 aliphatic heterocycles. The predicted octanol–water partition coefficient (Wildman–Crippen LogP) is 1.30. The van der Waals surface area contributed by atoms with Gasteiger partial charge in [0.05, 0.1) is 20.3 Å². The van der Waals surface area contributed by atoms with Crippen molar-refractivity contribution in [2.24, 2.45) is 0 Å². The Balaban J connectivity index is 2.22. The van der Waals surface area contributed by atoms with Gasteiger partial charge in [0.2, 0.25) is 10.0 Å². The number of benzene rings is 1. The molecule has 1 saturated heterocycles. The van der Waals surface area contributed by atoms with Crippen molar-refractivity contribution in [1.29, 1.82) is 0 Å². The van der Waals surface area contributed by atoms with Gasteiger partial charge in [-0.2, -0.15) is 0 Å². The molecule has 0 radical (unpaired) electrons. The highest BCUT2D eigenvalue weighted by atomic mass is 32.2. The van der Waals surface area contributed by atoms with E-state index < -0.39 is 20.7 Å². The molecule has 1 aromatic rings. The van der Waals surface area contributed by atoms with Crippen LogP contribution in [-0.4, -0.2) is 41.9 Å². The normalized spacial score (nSPS) is 18.7. The minimum atomic E-state index is -3.98. The van der Waals surface area contributed by atoms with Gasteiger partial charge >= 0.3 is 0 Å². The molecular formula is C13H18FNO5S. The fourth-order valence-corrected chi connectivity index (χ4v) is 3.27. The van der Waals surface area contributed by atoms with E-state index >= 15 is 0 Å². The molecule has 1 N–H and O–H groups in total. The second-order valence-electron chi connectivity index (χ2n) is 4.62. The van der Waals surface area contributed by atoms with Crippen molar-refractivity contribution in [2.45, 2.75) is 23.8 Å². The van der Waals surface area contributed by atoms with Crippen molar-refractivity contribution in [3.05, 3.63) is 17.9 Å². The third-order valence-electron chi connectivity index (χ3n) is 3.25. The number of halogens is 1. The standard InChI is InChI=1S/C13H18FNO5S/c1-18-11-6-10(14)13(7-12(11)19-2)21(16,17)15-8-9-4-3-5-20-9/h6-7,9,15H,3-5,8H2,1-2H3. The third kappa shape index (κ3) is 3.63. The summed E-state index contributed by atoms with van der Waals surface area (Å²) in [6.45, 7) is 0.743. The number of ether oxygens (including phenoxy) is 3. The van der Waals surface area contributed by atoms with E-state index in [-0.39, 0.29) is 24.1 Å². The van der Waals surface area contributed by atoms with Gasteiger partial charge in [0.1, 0.15) is 10.7 Å². The van der Waals surface area contributed by atoms with E-state index in [4.69, 9.17) is 14.2 Å². The Morgan fingerprint density at radius 3 is 2.57 bits per heavy atom. The first-order valence-corrected chi connectivity index (χ1v) is 7.99. The van der Waals surface area contributed by atoms with Gasteiger partial charge in [0.15, 0.2) is 11.5 Å². The molecule has 2 rings (SSSR count). The summed E-state index contributed by atoms with van der Waals surface area (Å²) in [7, 11) is -1.28. The summed E-state index contributed by atoms with van der Waals surface area (Å²) >= 11 is 0. The third-order valence-corrected chi connectivity index (χ3v) is 4.69. The Morgan fingerprint density at radius 2 is 2.00 bits per heavy atom. The predicted molar refractivity (Wildman–Crippen MR) is 73.7 cm³/mol. The number of nitrogens with one attached hydrogen (secondary N) is 1. The smallest absolute Gasteiger partial charge is 0.243 e. The van der Waals surface area contributed by atoms with Gasteiger partial charge in [-0.05, 0) is 12.8 Å². The van der Waals surface area contributed by atoms with Gasteiger partial charge in [-0.1, -0.05) is 0 Å². The number of hydrogen-bond donors (Lipinski definition) is 1. The van der Waals surface area contributed by atoms with Gasteiger partial charge in [-0.25, -0.2) is 17.5 Å². The van der Waals surface area contributed by atoms with Crippen molar-refractivity contribution in [2.75, 3.05) is 27.4 Å². The molecule has 0 bridgehead atoms. The first-order chi connectivity index (χ1) is 9.97. The highest BCUT2D eigenvalue weighted by molar-refractivity contribution is 7.89. The topological polar surface area (TPSA) is 73.9 Å². The van der Waals surface area contributed by atoms with Crippen LogP contribution in [0.25, 0.3) is 0 Å². The van der Waals surface area contributed by atoms with Crippen molar-refractivity contribution in [3.63, 3.8) is 0 Å². The Bertz CT molecular complexity index is 599. The zero-order valence-electron chi connectivity index (χ0n) is 11.9.